The molecule has 0 aliphatic heterocycles. The highest BCUT2D eigenvalue weighted by Gasteiger charge is 2.14. The van der Waals surface area contributed by atoms with Crippen molar-refractivity contribution in [3.8, 4) is 5.69 Å². The first-order chi connectivity index (χ1) is 13.5. The van der Waals surface area contributed by atoms with Crippen molar-refractivity contribution in [1.29, 1.82) is 0 Å². The second-order valence-electron chi connectivity index (χ2n) is 5.90. The summed E-state index contributed by atoms with van der Waals surface area (Å²) in [4.78, 5) is 16.8. The molecule has 1 amide bonds. The number of H-pyrrole nitrogens is 1. The topological polar surface area (TPSA) is 93.4 Å². The van der Waals surface area contributed by atoms with Crippen molar-refractivity contribution in [3.05, 3.63) is 69.7 Å². The van der Waals surface area contributed by atoms with Crippen molar-refractivity contribution in [2.24, 2.45) is 7.05 Å². The van der Waals surface area contributed by atoms with Gasteiger partial charge in [0.05, 0.1) is 17.8 Å². The first-order valence-electron chi connectivity index (χ1n) is 8.17. The molecule has 0 saturated carbocycles. The molecule has 4 rings (SSSR count). The zero-order valence-corrected chi connectivity index (χ0v) is 16.2. The molecule has 3 aromatic heterocycles. The van der Waals surface area contributed by atoms with Gasteiger partial charge in [-0.25, -0.2) is 14.1 Å². The molecule has 0 bridgehead atoms. The van der Waals surface area contributed by atoms with Crippen LogP contribution >= 0.6 is 23.6 Å². The van der Waals surface area contributed by atoms with Crippen molar-refractivity contribution in [2.75, 3.05) is 5.32 Å². The molecule has 0 saturated heterocycles. The van der Waals surface area contributed by atoms with Crippen molar-refractivity contribution < 1.29 is 9.18 Å². The average molecular weight is 415 g/mol. The maximum atomic E-state index is 13.0. The Morgan fingerprint density at radius 2 is 2.11 bits per heavy atom. The van der Waals surface area contributed by atoms with Gasteiger partial charge in [0.2, 0.25) is 0 Å². The maximum Gasteiger partial charge on any atom is 0.277 e. The van der Waals surface area contributed by atoms with Gasteiger partial charge in [-0.1, -0.05) is 0 Å². The zero-order chi connectivity index (χ0) is 19.7. The number of thiazole rings is 1. The number of nitrogens with zero attached hydrogens (tertiary/aromatic N) is 5. The van der Waals surface area contributed by atoms with E-state index in [0.29, 0.717) is 22.0 Å². The van der Waals surface area contributed by atoms with Gasteiger partial charge >= 0.3 is 0 Å². The summed E-state index contributed by atoms with van der Waals surface area (Å²) in [7, 11) is 1.83. The average Bonchev–Trinajstić information content (AvgIpc) is 3.40. The standard InChI is InChI=1S/C17H14FN7OS2/c1-24-14(21-22-17(24)27)8-11-9-28-16(19-11)20-15(26)13-6-7-25(23-13)12-4-2-10(18)3-5-12/h2-7,9H,8H2,1H3,(H,22,27)(H,19,20,26). The van der Waals surface area contributed by atoms with E-state index in [0.717, 1.165) is 11.5 Å². The summed E-state index contributed by atoms with van der Waals surface area (Å²) in [5.74, 6) is 0.0481. The van der Waals surface area contributed by atoms with Crippen LogP contribution in [0.1, 0.15) is 22.0 Å². The van der Waals surface area contributed by atoms with Gasteiger partial charge in [0.15, 0.2) is 15.6 Å². The normalized spacial score (nSPS) is 10.9. The summed E-state index contributed by atoms with van der Waals surface area (Å²) < 4.78 is 16.8. The van der Waals surface area contributed by atoms with Gasteiger partial charge in [-0.2, -0.15) is 10.2 Å². The predicted octanol–water partition coefficient (Wildman–Crippen LogP) is 3.10. The van der Waals surface area contributed by atoms with Gasteiger partial charge in [-0.3, -0.25) is 15.2 Å². The smallest absolute Gasteiger partial charge is 0.277 e. The lowest BCUT2D eigenvalue weighted by molar-refractivity contribution is 0.102. The Balaban J connectivity index is 1.44. The number of amides is 1. The highest BCUT2D eigenvalue weighted by atomic mass is 32.1. The fourth-order valence-corrected chi connectivity index (χ4v) is 3.35. The van der Waals surface area contributed by atoms with E-state index in [1.54, 1.807) is 29.0 Å². The van der Waals surface area contributed by atoms with Crippen molar-refractivity contribution in [3.63, 3.8) is 0 Å². The molecule has 0 aliphatic carbocycles. The Labute approximate surface area is 167 Å². The number of anilines is 1. The molecule has 0 fully saturated rings. The van der Waals surface area contributed by atoms with E-state index in [1.807, 2.05) is 12.4 Å². The van der Waals surface area contributed by atoms with Crippen LogP contribution in [0, 0.1) is 10.6 Å². The molecule has 3 heterocycles. The van der Waals surface area contributed by atoms with Crippen LogP contribution in [0.15, 0.2) is 41.9 Å². The van der Waals surface area contributed by atoms with E-state index in [4.69, 9.17) is 12.2 Å². The fourth-order valence-electron chi connectivity index (χ4n) is 2.49. The lowest BCUT2D eigenvalue weighted by atomic mass is 10.3. The first-order valence-corrected chi connectivity index (χ1v) is 9.46. The molecule has 4 aromatic rings. The van der Waals surface area contributed by atoms with E-state index in [-0.39, 0.29) is 17.4 Å². The number of rotatable bonds is 5. The van der Waals surface area contributed by atoms with Crippen LogP contribution in [0.2, 0.25) is 0 Å². The number of carbonyl (C=O) groups is 1. The minimum atomic E-state index is -0.375. The monoisotopic (exact) mass is 415 g/mol. The minimum Gasteiger partial charge on any atom is -0.307 e. The third kappa shape index (κ3) is 3.75. The third-order valence-electron chi connectivity index (χ3n) is 4.00. The number of aromatic amines is 1. The molecule has 2 N–H and O–H groups in total. The number of nitrogens with one attached hydrogen (secondary N) is 2. The van der Waals surface area contributed by atoms with Crippen LogP contribution in [0.25, 0.3) is 5.69 Å². The van der Waals surface area contributed by atoms with E-state index in [9.17, 15) is 9.18 Å². The quantitative estimate of drug-likeness (QED) is 0.489. The van der Waals surface area contributed by atoms with E-state index >= 15 is 0 Å². The molecule has 0 unspecified atom stereocenters. The number of halogens is 1. The number of hydrogen-bond donors (Lipinski definition) is 2. The van der Waals surface area contributed by atoms with Crippen LogP contribution in [0.4, 0.5) is 9.52 Å². The van der Waals surface area contributed by atoms with Crippen LogP contribution < -0.4 is 5.32 Å². The second-order valence-corrected chi connectivity index (χ2v) is 7.15. The molecular weight excluding hydrogens is 401 g/mol. The van der Waals surface area contributed by atoms with Crippen LogP contribution in [0.3, 0.4) is 0 Å². The molecule has 0 spiro atoms. The number of hydrogen-bond acceptors (Lipinski definition) is 6. The summed E-state index contributed by atoms with van der Waals surface area (Å²) in [6.45, 7) is 0. The molecule has 0 radical (unpaired) electrons. The fraction of sp³-hybridized carbons (Fsp3) is 0.118. The lowest BCUT2D eigenvalue weighted by Crippen LogP contribution is -2.13. The third-order valence-corrected chi connectivity index (χ3v) is 5.17. The summed E-state index contributed by atoms with van der Waals surface area (Å²) in [5, 5.41) is 16.2. The Morgan fingerprint density at radius 1 is 1.32 bits per heavy atom. The number of carbonyl (C=O) groups excluding carboxylic acids is 1. The predicted molar refractivity (Wildman–Crippen MR) is 105 cm³/mol. The SMILES string of the molecule is Cn1c(Cc2csc(NC(=O)c3ccn(-c4ccc(F)cc4)n3)n2)n[nH]c1=S. The maximum absolute atomic E-state index is 13.0. The van der Waals surface area contributed by atoms with Gasteiger partial charge in [0.1, 0.15) is 11.6 Å². The van der Waals surface area contributed by atoms with Crippen molar-refractivity contribution >= 4 is 34.6 Å². The van der Waals surface area contributed by atoms with Gasteiger partial charge in [0.25, 0.3) is 5.91 Å². The lowest BCUT2D eigenvalue weighted by Gasteiger charge is -2.01. The van der Waals surface area contributed by atoms with Gasteiger partial charge in [-0.15, -0.1) is 11.3 Å². The molecule has 142 valence electrons. The molecule has 28 heavy (non-hydrogen) atoms. The van der Waals surface area contributed by atoms with Crippen LogP contribution in [-0.2, 0) is 13.5 Å². The summed E-state index contributed by atoms with van der Waals surface area (Å²) in [6.07, 6.45) is 2.13. The number of aromatic nitrogens is 6. The summed E-state index contributed by atoms with van der Waals surface area (Å²) >= 11 is 6.41. The van der Waals surface area contributed by atoms with E-state index in [1.165, 1.54) is 28.2 Å². The zero-order valence-electron chi connectivity index (χ0n) is 14.6. The van der Waals surface area contributed by atoms with Crippen molar-refractivity contribution in [2.45, 2.75) is 6.42 Å². The van der Waals surface area contributed by atoms with E-state index < -0.39 is 0 Å². The molecule has 1 aromatic carbocycles. The summed E-state index contributed by atoms with van der Waals surface area (Å²) in [5.41, 5.74) is 1.66. The van der Waals surface area contributed by atoms with Crippen LogP contribution in [-0.4, -0.2) is 35.4 Å². The highest BCUT2D eigenvalue weighted by Crippen LogP contribution is 2.18. The first kappa shape index (κ1) is 18.2. The minimum absolute atomic E-state index is 0.232. The molecule has 0 atom stereocenters. The van der Waals surface area contributed by atoms with Crippen molar-refractivity contribution in [1.82, 2.24) is 29.5 Å². The van der Waals surface area contributed by atoms with Crippen LogP contribution in [0.5, 0.6) is 0 Å². The van der Waals surface area contributed by atoms with Gasteiger partial charge < -0.3 is 4.57 Å². The molecule has 11 heteroatoms. The van der Waals surface area contributed by atoms with Gasteiger partial charge in [0, 0.05) is 18.6 Å². The Morgan fingerprint density at radius 3 is 2.82 bits per heavy atom. The second kappa shape index (κ2) is 7.44. The highest BCUT2D eigenvalue weighted by molar-refractivity contribution is 7.71. The number of benzene rings is 1. The Bertz CT molecular complexity index is 1190. The van der Waals surface area contributed by atoms with Gasteiger partial charge in [-0.05, 0) is 42.5 Å². The molecule has 8 nitrogen and oxygen atoms in total. The Kier molecular flexibility index (Phi) is 4.84. The largest absolute Gasteiger partial charge is 0.307 e. The summed E-state index contributed by atoms with van der Waals surface area (Å²) in [6, 6.07) is 7.42. The van der Waals surface area contributed by atoms with E-state index in [2.05, 4.69) is 25.6 Å². The molecular formula is C17H14FN7OS2. The molecule has 0 aliphatic rings. The Hall–Kier alpha value is -3.18.